The number of rotatable bonds is 9. The predicted octanol–water partition coefficient (Wildman–Crippen LogP) is 5.50. The zero-order valence-corrected chi connectivity index (χ0v) is 19.4. The lowest BCUT2D eigenvalue weighted by Gasteiger charge is -2.30. The summed E-state index contributed by atoms with van der Waals surface area (Å²) in [5.74, 6) is 0.913. The zero-order chi connectivity index (χ0) is 23.4. The van der Waals surface area contributed by atoms with E-state index in [-0.39, 0.29) is 11.6 Å². The summed E-state index contributed by atoms with van der Waals surface area (Å²) in [4.78, 5) is 0. The van der Waals surface area contributed by atoms with Crippen molar-refractivity contribution in [3.63, 3.8) is 0 Å². The minimum atomic E-state index is -4.37. The van der Waals surface area contributed by atoms with Crippen LogP contribution in [0.5, 0.6) is 5.75 Å². The van der Waals surface area contributed by atoms with Crippen LogP contribution >= 0.6 is 12.1 Å². The fraction of sp³-hybridized carbons (Fsp3) is 0.391. The number of nitrogens with zero attached hydrogens (tertiary/aromatic N) is 1. The second-order valence-electron chi connectivity index (χ2n) is 7.70. The summed E-state index contributed by atoms with van der Waals surface area (Å²) in [6, 6.07) is 13.0. The molecule has 0 amide bonds. The molecule has 1 heterocycles. The third-order valence-electron chi connectivity index (χ3n) is 5.56. The maximum absolute atomic E-state index is 12.8. The van der Waals surface area contributed by atoms with Crippen molar-refractivity contribution in [2.45, 2.75) is 44.9 Å². The average Bonchev–Trinajstić information content (AvgIpc) is 3.20. The van der Waals surface area contributed by atoms with Crippen LogP contribution in [0.3, 0.4) is 0 Å². The highest BCUT2D eigenvalue weighted by molar-refractivity contribution is 7.95. The van der Waals surface area contributed by atoms with Crippen LogP contribution in [0.4, 0.5) is 13.2 Å². The van der Waals surface area contributed by atoms with Gasteiger partial charge in [-0.05, 0) is 62.7 Å². The zero-order valence-electron chi connectivity index (χ0n) is 18.6. The van der Waals surface area contributed by atoms with Crippen LogP contribution in [0.1, 0.15) is 49.9 Å². The predicted molar refractivity (Wildman–Crippen MR) is 122 cm³/mol. The van der Waals surface area contributed by atoms with Gasteiger partial charge in [-0.15, -0.1) is 0 Å². The van der Waals surface area contributed by atoms with Crippen molar-refractivity contribution < 1.29 is 17.9 Å². The Morgan fingerprint density at radius 2 is 1.81 bits per heavy atom. The van der Waals surface area contributed by atoms with Gasteiger partial charge in [0.25, 0.3) is 0 Å². The lowest BCUT2D eigenvalue weighted by Crippen LogP contribution is -2.36. The van der Waals surface area contributed by atoms with Crippen molar-refractivity contribution in [1.29, 1.82) is 0 Å². The molecular formula is C23H29F3N4OS. The molecule has 1 aliphatic rings. The summed E-state index contributed by atoms with van der Waals surface area (Å²) in [5, 5.41) is 1.85. The molecule has 0 saturated carbocycles. The van der Waals surface area contributed by atoms with Crippen LogP contribution in [0.2, 0.25) is 0 Å². The fourth-order valence-electron chi connectivity index (χ4n) is 3.42. The van der Waals surface area contributed by atoms with Gasteiger partial charge in [-0.25, -0.2) is 10.1 Å². The van der Waals surface area contributed by atoms with Gasteiger partial charge in [-0.1, -0.05) is 31.2 Å². The fourth-order valence-corrected chi connectivity index (χ4v) is 4.00. The first-order chi connectivity index (χ1) is 15.2. The van der Waals surface area contributed by atoms with Gasteiger partial charge in [0.2, 0.25) is 5.88 Å². The number of ether oxygens (including phenoxy) is 1. The summed E-state index contributed by atoms with van der Waals surface area (Å²) in [6.07, 6.45) is -1.52. The van der Waals surface area contributed by atoms with Crippen LogP contribution in [0.25, 0.3) is 0 Å². The van der Waals surface area contributed by atoms with Gasteiger partial charge in [0.1, 0.15) is 5.75 Å². The molecule has 3 N–H and O–H groups in total. The summed E-state index contributed by atoms with van der Waals surface area (Å²) in [5.41, 5.74) is 4.72. The smallest absolute Gasteiger partial charge is 0.416 e. The molecule has 32 heavy (non-hydrogen) atoms. The summed E-state index contributed by atoms with van der Waals surface area (Å²) >= 11 is 1.45. The van der Waals surface area contributed by atoms with Crippen LogP contribution in [-0.2, 0) is 11.7 Å². The number of hydrogen-bond acceptors (Lipinski definition) is 6. The van der Waals surface area contributed by atoms with Gasteiger partial charge < -0.3 is 4.74 Å². The molecule has 2 aromatic carbocycles. The molecule has 5 nitrogen and oxygen atoms in total. The molecule has 0 radical (unpaired) electrons. The highest BCUT2D eigenvalue weighted by atomic mass is 32.2. The van der Waals surface area contributed by atoms with Gasteiger partial charge in [0.05, 0.1) is 17.1 Å². The van der Waals surface area contributed by atoms with Crippen molar-refractivity contribution in [1.82, 2.24) is 19.9 Å². The number of nitrogens with one attached hydrogen (secondary N) is 3. The Morgan fingerprint density at radius 1 is 1.09 bits per heavy atom. The lowest BCUT2D eigenvalue weighted by atomic mass is 9.88. The second kappa shape index (κ2) is 10.2. The minimum Gasteiger partial charge on any atom is -0.440 e. The van der Waals surface area contributed by atoms with Crippen LogP contribution in [0, 0.1) is 0 Å². The lowest BCUT2D eigenvalue weighted by molar-refractivity contribution is -0.137. The standard InChI is InChI=1S/C23H29F3N4OS/c1-5-22(3,29-32-27-4)18-9-7-8-16(14-18)20-15-21(30(6-2)28-20)31-19-12-10-17(11-13-19)23(24,25)26/h7-15,20,27-29H,5-6H2,1-4H3. The summed E-state index contributed by atoms with van der Waals surface area (Å²) < 4.78 is 50.8. The number of hydrazine groups is 1. The third-order valence-corrected chi connectivity index (χ3v) is 6.32. The largest absolute Gasteiger partial charge is 0.440 e. The van der Waals surface area contributed by atoms with E-state index in [0.29, 0.717) is 18.2 Å². The molecule has 0 saturated heterocycles. The highest BCUT2D eigenvalue weighted by Crippen LogP contribution is 2.33. The maximum atomic E-state index is 12.8. The van der Waals surface area contributed by atoms with Gasteiger partial charge in [-0.2, -0.15) is 13.2 Å². The number of halogens is 3. The summed E-state index contributed by atoms with van der Waals surface area (Å²) in [7, 11) is 1.87. The number of alkyl halides is 3. The van der Waals surface area contributed by atoms with E-state index >= 15 is 0 Å². The Morgan fingerprint density at radius 3 is 2.41 bits per heavy atom. The maximum Gasteiger partial charge on any atom is 0.416 e. The van der Waals surface area contributed by atoms with Crippen molar-refractivity contribution in [2.24, 2.45) is 0 Å². The van der Waals surface area contributed by atoms with E-state index in [1.54, 1.807) is 0 Å². The molecule has 0 spiro atoms. The first kappa shape index (κ1) is 24.4. The molecule has 0 bridgehead atoms. The Bertz CT molecular complexity index is 936. The molecule has 2 unspecified atom stereocenters. The monoisotopic (exact) mass is 466 g/mol. The minimum absolute atomic E-state index is 0.114. The van der Waals surface area contributed by atoms with E-state index in [4.69, 9.17) is 4.74 Å². The van der Waals surface area contributed by atoms with E-state index in [2.05, 4.69) is 40.9 Å². The topological polar surface area (TPSA) is 48.6 Å². The average molecular weight is 467 g/mol. The van der Waals surface area contributed by atoms with Crippen molar-refractivity contribution >= 4 is 12.1 Å². The van der Waals surface area contributed by atoms with Crippen LogP contribution in [-0.4, -0.2) is 18.6 Å². The van der Waals surface area contributed by atoms with Crippen molar-refractivity contribution in [3.05, 3.63) is 77.2 Å². The van der Waals surface area contributed by atoms with Gasteiger partial charge in [-0.3, -0.25) is 9.73 Å². The molecule has 0 fully saturated rings. The van der Waals surface area contributed by atoms with E-state index in [0.717, 1.165) is 29.7 Å². The quantitative estimate of drug-likeness (QED) is 0.424. The van der Waals surface area contributed by atoms with Crippen LogP contribution < -0.4 is 19.6 Å². The highest BCUT2D eigenvalue weighted by Gasteiger charge is 2.31. The van der Waals surface area contributed by atoms with Gasteiger partial charge in [0.15, 0.2) is 0 Å². The Labute approximate surface area is 191 Å². The third kappa shape index (κ3) is 5.58. The van der Waals surface area contributed by atoms with Crippen LogP contribution in [0.15, 0.2) is 60.5 Å². The first-order valence-corrected chi connectivity index (χ1v) is 11.3. The molecule has 9 heteroatoms. The molecule has 3 rings (SSSR count). The van der Waals surface area contributed by atoms with Gasteiger partial charge in [0, 0.05) is 24.8 Å². The van der Waals surface area contributed by atoms with Gasteiger partial charge >= 0.3 is 6.18 Å². The Hall–Kier alpha value is -2.20. The van der Waals surface area contributed by atoms with E-state index < -0.39 is 11.7 Å². The normalized spacial score (nSPS) is 18.4. The van der Waals surface area contributed by atoms with Crippen molar-refractivity contribution in [2.75, 3.05) is 13.6 Å². The van der Waals surface area contributed by atoms with E-state index in [1.807, 2.05) is 37.2 Å². The Balaban J connectivity index is 1.81. The molecule has 2 aromatic rings. The molecule has 0 aromatic heterocycles. The SMILES string of the molecule is CCN1NC(c2cccc(C(C)(CC)NSNC)c2)C=C1Oc1ccc(C(F)(F)F)cc1. The Kier molecular flexibility index (Phi) is 7.76. The molecule has 0 aliphatic carbocycles. The van der Waals surface area contributed by atoms with E-state index in [9.17, 15) is 13.2 Å². The van der Waals surface area contributed by atoms with E-state index in [1.165, 1.54) is 24.3 Å². The molecule has 2 atom stereocenters. The van der Waals surface area contributed by atoms with Crippen molar-refractivity contribution in [3.8, 4) is 5.75 Å². The molecular weight excluding hydrogens is 437 g/mol. The summed E-state index contributed by atoms with van der Waals surface area (Å²) in [6.45, 7) is 6.91. The molecule has 174 valence electrons. The number of hydrogen-bond donors (Lipinski definition) is 3. The second-order valence-corrected chi connectivity index (χ2v) is 8.52. The first-order valence-electron chi connectivity index (χ1n) is 10.5. The molecule has 1 aliphatic heterocycles. The number of benzene rings is 2.